The van der Waals surface area contributed by atoms with Gasteiger partial charge >= 0.3 is 23.0 Å². The largest absolute Gasteiger partial charge is 3.00 e. The molecule has 0 bridgehead atoms. The minimum atomic E-state index is -1.01. The third-order valence-electron chi connectivity index (χ3n) is 0.924. The van der Waals surface area contributed by atoms with Crippen molar-refractivity contribution in [3.63, 3.8) is 0 Å². The van der Waals surface area contributed by atoms with Crippen molar-refractivity contribution in [3.8, 4) is 0 Å². The van der Waals surface area contributed by atoms with Crippen molar-refractivity contribution < 1.29 is 43.6 Å². The fraction of sp³-hybridized carbons (Fsp3) is 0.800. The normalized spacial score (nSPS) is 10.5. The first kappa shape index (κ1) is 17.6. The summed E-state index contributed by atoms with van der Waals surface area (Å²) in [5.41, 5.74) is 0. The third kappa shape index (κ3) is 8.50. The zero-order valence-corrected chi connectivity index (χ0v) is 8.69. The van der Waals surface area contributed by atoms with Crippen LogP contribution in [-0.4, -0.2) is 17.2 Å². The second kappa shape index (κ2) is 10.6. The van der Waals surface area contributed by atoms with Crippen LogP contribution < -0.4 is 12.4 Å². The Morgan fingerprint density at radius 2 is 2.18 bits per heavy atom. The van der Waals surface area contributed by atoms with Gasteiger partial charge in [-0.3, -0.25) is 0 Å². The maximum absolute atomic E-state index is 10.4. The Labute approximate surface area is 88.4 Å². The topological polar surface area (TPSA) is 46.5 Å². The molecule has 1 unspecified atom stereocenters. The second-order valence-corrected chi connectivity index (χ2v) is 1.90. The number of hydrogen-bond acceptors (Lipinski definition) is 4. The molecular formula is C5H10ClFeO3S+2. The van der Waals surface area contributed by atoms with E-state index in [-0.39, 0.29) is 29.5 Å². The van der Waals surface area contributed by atoms with Crippen molar-refractivity contribution in [1.29, 1.82) is 0 Å². The molecule has 0 saturated carbocycles. The number of aliphatic hydroxyl groups is 1. The standard InChI is InChI=1S/C5H10O3S.ClH.Fe/c1-2-3-4(6)5(7)8-9;;/h4,6,9H,2-3H2,1H3;1H;/q;;+3/p-1. The fourth-order valence-corrected chi connectivity index (χ4v) is 0.574. The summed E-state index contributed by atoms with van der Waals surface area (Å²) in [7, 11) is 0. The first-order valence-electron chi connectivity index (χ1n) is 2.75. The van der Waals surface area contributed by atoms with Crippen LogP contribution >= 0.6 is 12.9 Å². The smallest absolute Gasteiger partial charge is 1.00 e. The van der Waals surface area contributed by atoms with Gasteiger partial charge in [-0.15, -0.1) is 0 Å². The van der Waals surface area contributed by atoms with Crippen molar-refractivity contribution in [2.24, 2.45) is 0 Å². The Bertz CT molecular complexity index is 104. The Kier molecular flexibility index (Phi) is 17.0. The molecule has 0 amide bonds. The first-order chi connectivity index (χ1) is 4.22. The average molecular weight is 241 g/mol. The van der Waals surface area contributed by atoms with E-state index >= 15 is 0 Å². The number of hydrogen-bond donors (Lipinski definition) is 2. The van der Waals surface area contributed by atoms with Crippen LogP contribution in [0.4, 0.5) is 0 Å². The molecule has 1 N–H and O–H groups in total. The Morgan fingerprint density at radius 1 is 1.73 bits per heavy atom. The molecule has 0 aromatic heterocycles. The van der Waals surface area contributed by atoms with E-state index in [1.54, 1.807) is 0 Å². The van der Waals surface area contributed by atoms with Gasteiger partial charge in [-0.1, -0.05) is 13.3 Å². The number of halogens is 1. The predicted molar refractivity (Wildman–Crippen MR) is 36.0 cm³/mol. The summed E-state index contributed by atoms with van der Waals surface area (Å²) in [6.07, 6.45) is 0.177. The average Bonchev–Trinajstić information content (AvgIpc) is 1.87. The van der Waals surface area contributed by atoms with Gasteiger partial charge in [0.1, 0.15) is 0 Å². The Balaban J connectivity index is -0.000000320. The van der Waals surface area contributed by atoms with E-state index in [2.05, 4.69) is 17.1 Å². The minimum Gasteiger partial charge on any atom is -1.00 e. The summed E-state index contributed by atoms with van der Waals surface area (Å²) in [6.45, 7) is 1.87. The van der Waals surface area contributed by atoms with Crippen LogP contribution in [0.3, 0.4) is 0 Å². The van der Waals surface area contributed by atoms with Gasteiger partial charge in [-0.25, -0.2) is 4.79 Å². The van der Waals surface area contributed by atoms with E-state index in [1.165, 1.54) is 0 Å². The van der Waals surface area contributed by atoms with E-state index in [0.29, 0.717) is 6.42 Å². The SMILES string of the molecule is CCCC(O)C(=O)OS.[Cl-].[Fe+3]. The van der Waals surface area contributed by atoms with Gasteiger partial charge < -0.3 is 21.7 Å². The maximum atomic E-state index is 10.4. The minimum absolute atomic E-state index is 0. The summed E-state index contributed by atoms with van der Waals surface area (Å²) >= 11 is 3.24. The Hall–Kier alpha value is 0.589. The molecule has 0 fully saturated rings. The van der Waals surface area contributed by atoms with E-state index in [0.717, 1.165) is 6.42 Å². The molecule has 0 aliphatic heterocycles. The van der Waals surface area contributed by atoms with Crippen LogP contribution in [0, 0.1) is 0 Å². The van der Waals surface area contributed by atoms with Crippen molar-refractivity contribution in [2.75, 3.05) is 0 Å². The molecule has 67 valence electrons. The molecule has 0 aliphatic rings. The monoisotopic (exact) mass is 241 g/mol. The summed E-state index contributed by atoms with van der Waals surface area (Å²) in [5.74, 6) is -0.680. The van der Waals surface area contributed by atoms with Gasteiger partial charge in [-0.05, 0) is 6.42 Å². The molecule has 1 atom stereocenters. The zero-order chi connectivity index (χ0) is 7.28. The number of rotatable bonds is 3. The van der Waals surface area contributed by atoms with Gasteiger partial charge in [0.05, 0.1) is 0 Å². The number of aliphatic hydroxyl groups excluding tert-OH is 1. The van der Waals surface area contributed by atoms with E-state index < -0.39 is 12.1 Å². The molecule has 0 aliphatic carbocycles. The van der Waals surface area contributed by atoms with Crippen molar-refractivity contribution in [1.82, 2.24) is 0 Å². The van der Waals surface area contributed by atoms with Crippen molar-refractivity contribution >= 4 is 18.9 Å². The summed E-state index contributed by atoms with van der Waals surface area (Å²) in [5, 5.41) is 8.79. The number of carbonyl (C=O) groups excluding carboxylic acids is 1. The fourth-order valence-electron chi connectivity index (χ4n) is 0.452. The second-order valence-electron chi connectivity index (χ2n) is 1.71. The van der Waals surface area contributed by atoms with Gasteiger partial charge in [0.15, 0.2) is 6.10 Å². The third-order valence-corrected chi connectivity index (χ3v) is 1.10. The molecule has 3 nitrogen and oxygen atoms in total. The summed E-state index contributed by atoms with van der Waals surface area (Å²) in [6, 6.07) is 0. The van der Waals surface area contributed by atoms with Crippen LogP contribution in [0.5, 0.6) is 0 Å². The number of thiol groups is 1. The maximum Gasteiger partial charge on any atom is 3.00 e. The van der Waals surface area contributed by atoms with E-state index in [9.17, 15) is 4.79 Å². The van der Waals surface area contributed by atoms with Crippen LogP contribution in [0.1, 0.15) is 19.8 Å². The molecule has 0 saturated heterocycles. The molecule has 0 spiro atoms. The summed E-state index contributed by atoms with van der Waals surface area (Å²) in [4.78, 5) is 10.4. The predicted octanol–water partition coefficient (Wildman–Crippen LogP) is -2.46. The zero-order valence-electron chi connectivity index (χ0n) is 5.93. The van der Waals surface area contributed by atoms with Gasteiger partial charge in [0.2, 0.25) is 0 Å². The van der Waals surface area contributed by atoms with Crippen molar-refractivity contribution in [3.05, 3.63) is 0 Å². The van der Waals surface area contributed by atoms with Crippen LogP contribution in [0.15, 0.2) is 0 Å². The molecule has 0 heterocycles. The molecule has 11 heavy (non-hydrogen) atoms. The molecule has 0 aromatic carbocycles. The van der Waals surface area contributed by atoms with Crippen LogP contribution in [-0.2, 0) is 26.0 Å². The molecule has 6 heteroatoms. The van der Waals surface area contributed by atoms with E-state index in [1.807, 2.05) is 6.92 Å². The summed E-state index contributed by atoms with van der Waals surface area (Å²) < 4.78 is 3.97. The Morgan fingerprint density at radius 3 is 2.45 bits per heavy atom. The van der Waals surface area contributed by atoms with Crippen molar-refractivity contribution in [2.45, 2.75) is 25.9 Å². The van der Waals surface area contributed by atoms with Crippen LogP contribution in [0.2, 0.25) is 0 Å². The molecule has 0 rings (SSSR count). The van der Waals surface area contributed by atoms with Gasteiger partial charge in [0, 0.05) is 12.9 Å². The quantitative estimate of drug-likeness (QED) is 0.327. The number of carbonyl (C=O) groups is 1. The first-order valence-corrected chi connectivity index (χ1v) is 3.12. The van der Waals surface area contributed by atoms with Gasteiger partial charge in [0.25, 0.3) is 0 Å². The molecule has 1 radical (unpaired) electrons. The molecule has 0 aromatic rings. The van der Waals surface area contributed by atoms with E-state index in [4.69, 9.17) is 5.11 Å². The van der Waals surface area contributed by atoms with Crippen LogP contribution in [0.25, 0.3) is 0 Å². The molecular weight excluding hydrogens is 231 g/mol. The van der Waals surface area contributed by atoms with Gasteiger partial charge in [-0.2, -0.15) is 0 Å².